The number of likely N-dealkylation sites (tertiary alicyclic amines) is 1. The van der Waals surface area contributed by atoms with Crippen LogP contribution in [0.1, 0.15) is 60.7 Å². The van der Waals surface area contributed by atoms with Crippen molar-refractivity contribution in [1.29, 1.82) is 0 Å². The van der Waals surface area contributed by atoms with Crippen LogP contribution in [0.5, 0.6) is 0 Å². The molecule has 0 radical (unpaired) electrons. The van der Waals surface area contributed by atoms with Gasteiger partial charge in [-0.15, -0.1) is 0 Å². The van der Waals surface area contributed by atoms with E-state index in [1.165, 1.54) is 0 Å². The Morgan fingerprint density at radius 3 is 2.00 bits per heavy atom. The van der Waals surface area contributed by atoms with Gasteiger partial charge in [0.05, 0.1) is 11.1 Å². The van der Waals surface area contributed by atoms with E-state index in [0.717, 1.165) is 24.2 Å². The van der Waals surface area contributed by atoms with Crippen molar-refractivity contribution >= 4 is 17.7 Å². The lowest BCUT2D eigenvalue weighted by Crippen LogP contribution is -2.55. The highest BCUT2D eigenvalue weighted by Gasteiger charge is 2.43. The molecule has 1 saturated heterocycles. The first-order valence-corrected chi connectivity index (χ1v) is 8.22. The minimum absolute atomic E-state index is 0.140. The van der Waals surface area contributed by atoms with Gasteiger partial charge in [-0.1, -0.05) is 12.1 Å². The highest BCUT2D eigenvalue weighted by molar-refractivity contribution is 6.22. The molecule has 0 spiro atoms. The fraction of sp³-hybridized carbons (Fsp3) is 0.500. The molecular weight excluding hydrogens is 292 g/mol. The largest absolute Gasteiger partial charge is 0.335 e. The molecule has 3 amide bonds. The summed E-state index contributed by atoms with van der Waals surface area (Å²) in [5, 5.41) is 0. The predicted octanol–water partition coefficient (Wildman–Crippen LogP) is 2.46. The van der Waals surface area contributed by atoms with Crippen molar-refractivity contribution in [3.63, 3.8) is 0 Å². The van der Waals surface area contributed by atoms with Crippen molar-refractivity contribution in [2.45, 2.75) is 58.2 Å². The van der Waals surface area contributed by atoms with Gasteiger partial charge in [0.25, 0.3) is 11.8 Å². The molecule has 3 rings (SSSR count). The van der Waals surface area contributed by atoms with Gasteiger partial charge in [0.15, 0.2) is 0 Å². The molecule has 0 unspecified atom stereocenters. The number of carbonyl (C=O) groups is 3. The number of carbonyl (C=O) groups excluding carboxylic acids is 3. The molecule has 5 nitrogen and oxygen atoms in total. The topological polar surface area (TPSA) is 57.7 Å². The van der Waals surface area contributed by atoms with Crippen LogP contribution in [-0.2, 0) is 4.79 Å². The third-order valence-corrected chi connectivity index (χ3v) is 5.02. The predicted molar refractivity (Wildman–Crippen MR) is 86.0 cm³/mol. The summed E-state index contributed by atoms with van der Waals surface area (Å²) >= 11 is 0. The van der Waals surface area contributed by atoms with Gasteiger partial charge < -0.3 is 4.90 Å². The molecule has 0 N–H and O–H groups in total. The summed E-state index contributed by atoms with van der Waals surface area (Å²) < 4.78 is 0. The lowest BCUT2D eigenvalue weighted by Gasteiger charge is -2.41. The van der Waals surface area contributed by atoms with E-state index < -0.39 is 6.04 Å². The number of rotatable bonds is 2. The molecular formula is C18H22N2O3. The number of fused-ring (bicyclic) bond motifs is 1. The summed E-state index contributed by atoms with van der Waals surface area (Å²) in [6.45, 7) is 5.71. The van der Waals surface area contributed by atoms with Gasteiger partial charge in [-0.3, -0.25) is 19.3 Å². The van der Waals surface area contributed by atoms with Crippen molar-refractivity contribution in [2.24, 2.45) is 0 Å². The molecule has 0 aromatic heterocycles. The number of piperidine rings is 1. The normalized spacial score (nSPS) is 25.5. The second kappa shape index (κ2) is 5.80. The number of benzene rings is 1. The second-order valence-electron chi connectivity index (χ2n) is 6.58. The maximum atomic E-state index is 12.9. The van der Waals surface area contributed by atoms with E-state index in [1.54, 1.807) is 31.2 Å². The third-order valence-electron chi connectivity index (χ3n) is 5.02. The Balaban J connectivity index is 1.86. The fourth-order valence-corrected chi connectivity index (χ4v) is 3.74. The third kappa shape index (κ3) is 2.44. The zero-order valence-corrected chi connectivity index (χ0v) is 13.8. The van der Waals surface area contributed by atoms with Crippen LogP contribution in [0.3, 0.4) is 0 Å². The first kappa shape index (κ1) is 15.7. The molecule has 5 heteroatoms. The van der Waals surface area contributed by atoms with Crippen molar-refractivity contribution in [2.75, 3.05) is 0 Å². The van der Waals surface area contributed by atoms with Crippen molar-refractivity contribution in [3.05, 3.63) is 35.4 Å². The molecule has 0 bridgehead atoms. The van der Waals surface area contributed by atoms with E-state index in [1.807, 2.05) is 18.7 Å². The smallest absolute Gasteiger partial charge is 0.262 e. The van der Waals surface area contributed by atoms with Gasteiger partial charge in [0.2, 0.25) is 5.91 Å². The molecule has 1 fully saturated rings. The fourth-order valence-electron chi connectivity index (χ4n) is 3.74. The second-order valence-corrected chi connectivity index (χ2v) is 6.58. The highest BCUT2D eigenvalue weighted by atomic mass is 16.2. The summed E-state index contributed by atoms with van der Waals surface area (Å²) in [6.07, 6.45) is 3.03. The van der Waals surface area contributed by atoms with E-state index in [-0.39, 0.29) is 29.8 Å². The van der Waals surface area contributed by atoms with Gasteiger partial charge in [-0.2, -0.15) is 0 Å². The Labute approximate surface area is 136 Å². The van der Waals surface area contributed by atoms with Crippen LogP contribution in [0.15, 0.2) is 24.3 Å². The molecule has 2 aliphatic heterocycles. The summed E-state index contributed by atoms with van der Waals surface area (Å²) in [4.78, 5) is 41.0. The number of hydrogen-bond acceptors (Lipinski definition) is 3. The van der Waals surface area contributed by atoms with E-state index in [4.69, 9.17) is 0 Å². The summed E-state index contributed by atoms with van der Waals surface area (Å²) in [5.74, 6) is -0.883. The van der Waals surface area contributed by atoms with Crippen LogP contribution in [0, 0.1) is 0 Å². The zero-order valence-electron chi connectivity index (χ0n) is 13.8. The molecule has 23 heavy (non-hydrogen) atoms. The number of hydrogen-bond donors (Lipinski definition) is 0. The summed E-state index contributed by atoms with van der Waals surface area (Å²) in [6, 6.07) is 6.25. The number of nitrogens with zero attached hydrogens (tertiary/aromatic N) is 2. The van der Waals surface area contributed by atoms with E-state index in [0.29, 0.717) is 11.1 Å². The monoisotopic (exact) mass is 314 g/mol. The van der Waals surface area contributed by atoms with E-state index in [9.17, 15) is 14.4 Å². The van der Waals surface area contributed by atoms with Gasteiger partial charge in [-0.05, 0) is 52.2 Å². The Bertz CT molecular complexity index is 625. The average molecular weight is 314 g/mol. The quantitative estimate of drug-likeness (QED) is 0.788. The van der Waals surface area contributed by atoms with Gasteiger partial charge in [-0.25, -0.2) is 0 Å². The number of imide groups is 1. The molecule has 0 saturated carbocycles. The number of amides is 3. The molecule has 1 aromatic rings. The molecule has 1 aromatic carbocycles. The maximum Gasteiger partial charge on any atom is 0.262 e. The Kier molecular flexibility index (Phi) is 3.96. The van der Waals surface area contributed by atoms with E-state index in [2.05, 4.69) is 0 Å². The van der Waals surface area contributed by atoms with Crippen LogP contribution >= 0.6 is 0 Å². The Morgan fingerprint density at radius 2 is 1.52 bits per heavy atom. The maximum absolute atomic E-state index is 12.9. The Morgan fingerprint density at radius 1 is 1.04 bits per heavy atom. The average Bonchev–Trinajstić information content (AvgIpc) is 2.78. The highest BCUT2D eigenvalue weighted by Crippen LogP contribution is 2.28. The minimum Gasteiger partial charge on any atom is -0.335 e. The van der Waals surface area contributed by atoms with Gasteiger partial charge in [0.1, 0.15) is 6.04 Å². The van der Waals surface area contributed by atoms with Crippen LogP contribution in [-0.4, -0.2) is 45.6 Å². The van der Waals surface area contributed by atoms with Crippen LogP contribution in [0.25, 0.3) is 0 Å². The standard InChI is InChI=1S/C18H22N2O3/c1-11-7-6-8-12(2)19(11)16(21)13(3)20-17(22)14-9-4-5-10-15(14)18(20)23/h4-5,9-13H,6-8H2,1-3H3/t11-,12-,13-/m0/s1. The zero-order chi connectivity index (χ0) is 16.7. The molecule has 0 aliphatic carbocycles. The Hall–Kier alpha value is -2.17. The molecule has 122 valence electrons. The van der Waals surface area contributed by atoms with Gasteiger partial charge in [0, 0.05) is 12.1 Å². The van der Waals surface area contributed by atoms with Gasteiger partial charge >= 0.3 is 0 Å². The lowest BCUT2D eigenvalue weighted by molar-refractivity contribution is -0.141. The lowest BCUT2D eigenvalue weighted by atomic mass is 9.96. The van der Waals surface area contributed by atoms with Crippen molar-refractivity contribution in [1.82, 2.24) is 9.80 Å². The van der Waals surface area contributed by atoms with Crippen LogP contribution in [0.4, 0.5) is 0 Å². The van der Waals surface area contributed by atoms with Crippen LogP contribution < -0.4 is 0 Å². The first-order chi connectivity index (χ1) is 10.9. The molecule has 2 heterocycles. The van der Waals surface area contributed by atoms with E-state index >= 15 is 0 Å². The van der Waals surface area contributed by atoms with Crippen molar-refractivity contribution in [3.8, 4) is 0 Å². The summed E-state index contributed by atoms with van der Waals surface area (Å²) in [5.41, 5.74) is 0.772. The molecule has 3 atom stereocenters. The minimum atomic E-state index is -0.773. The summed E-state index contributed by atoms with van der Waals surface area (Å²) in [7, 11) is 0. The SMILES string of the molecule is C[C@@H](C(=O)N1[C@@H](C)CCC[C@@H]1C)N1C(=O)c2ccccc2C1=O. The molecule has 2 aliphatic rings. The van der Waals surface area contributed by atoms with Crippen LogP contribution in [0.2, 0.25) is 0 Å². The van der Waals surface area contributed by atoms with Crippen molar-refractivity contribution < 1.29 is 14.4 Å². The first-order valence-electron chi connectivity index (χ1n) is 8.22.